The first-order valence-electron chi connectivity index (χ1n) is 12.4. The van der Waals surface area contributed by atoms with Crippen LogP contribution in [0.3, 0.4) is 0 Å². The maximum Gasteiger partial charge on any atom is 0.302 e. The summed E-state index contributed by atoms with van der Waals surface area (Å²) >= 11 is 0. The molecular formula is C28H49Ac2N3O4-2. The maximum absolute atomic E-state index is 10.6. The topological polar surface area (TPSA) is 108 Å². The summed E-state index contributed by atoms with van der Waals surface area (Å²) in [6.45, 7) is 7.77. The summed E-state index contributed by atoms with van der Waals surface area (Å²) in [5.41, 5.74) is 13.0. The Morgan fingerprint density at radius 1 is 1.11 bits per heavy atom. The average molecular weight is 946 g/mol. The number of nitrogens with two attached hydrogens (primary N) is 2. The van der Waals surface area contributed by atoms with Gasteiger partial charge < -0.3 is 39.7 Å². The Morgan fingerprint density at radius 3 is 2.22 bits per heavy atom. The second kappa shape index (κ2) is 30.9. The molecule has 0 bridgehead atoms. The minimum Gasteiger partial charge on any atom is -0.463 e. The molecular weight excluding hydrogens is 896 g/mol. The smallest absolute Gasteiger partial charge is 0.302 e. The van der Waals surface area contributed by atoms with Crippen molar-refractivity contribution in [1.82, 2.24) is 4.90 Å². The number of primary amides is 1. The first-order valence-corrected chi connectivity index (χ1v) is 12.4. The molecule has 1 saturated heterocycles. The fraction of sp³-hybridized carbons (Fsp3) is 0.571. The van der Waals surface area contributed by atoms with Gasteiger partial charge in [-0.3, -0.25) is 9.59 Å². The molecule has 1 atom stereocenters. The monoisotopic (exact) mass is 945 g/mol. The predicted octanol–water partition coefficient (Wildman–Crippen LogP) is 5.11. The third kappa shape index (κ3) is 29.2. The van der Waals surface area contributed by atoms with Crippen LogP contribution in [0, 0.1) is 102 Å². The number of hydrogen-bond donors (Lipinski definition) is 2. The first-order chi connectivity index (χ1) is 16.3. The summed E-state index contributed by atoms with van der Waals surface area (Å²) in [6, 6.07) is 9.95. The Bertz CT molecular complexity index is 685. The molecule has 1 aliphatic heterocycles. The molecule has 0 aromatic heterocycles. The number of carbonyl (C=O) groups excluding carboxylic acids is 2. The zero-order valence-electron chi connectivity index (χ0n) is 23.8. The van der Waals surface area contributed by atoms with Crippen LogP contribution in [-0.2, 0) is 19.1 Å². The van der Waals surface area contributed by atoms with Crippen molar-refractivity contribution in [3.8, 4) is 0 Å². The Kier molecular flexibility index (Phi) is 37.0. The molecule has 1 aromatic rings. The molecule has 1 heterocycles. The average Bonchev–Trinajstić information content (AvgIpc) is 2.82. The van der Waals surface area contributed by atoms with Crippen molar-refractivity contribution in [2.45, 2.75) is 78.2 Å². The van der Waals surface area contributed by atoms with Crippen LogP contribution in [0.1, 0.15) is 77.7 Å². The van der Waals surface area contributed by atoms with Gasteiger partial charge in [-0.1, -0.05) is 63.4 Å². The van der Waals surface area contributed by atoms with Gasteiger partial charge in [0.1, 0.15) is 6.61 Å². The molecule has 2 radical (unpaired) electrons. The third-order valence-corrected chi connectivity index (χ3v) is 4.73. The number of amides is 1. The molecule has 1 aromatic carbocycles. The van der Waals surface area contributed by atoms with Crippen molar-refractivity contribution in [1.29, 1.82) is 0 Å². The molecule has 1 fully saturated rings. The molecule has 4 N–H and O–H groups in total. The van der Waals surface area contributed by atoms with Gasteiger partial charge in [0.2, 0.25) is 5.91 Å². The van der Waals surface area contributed by atoms with Gasteiger partial charge in [0.15, 0.2) is 0 Å². The van der Waals surface area contributed by atoms with Crippen LogP contribution in [0.25, 0.3) is 5.70 Å². The molecule has 9 heteroatoms. The molecule has 1 unspecified atom stereocenters. The molecule has 7 nitrogen and oxygen atoms in total. The van der Waals surface area contributed by atoms with Gasteiger partial charge in [-0.15, -0.1) is 6.42 Å². The van der Waals surface area contributed by atoms with E-state index in [0.29, 0.717) is 13.0 Å². The van der Waals surface area contributed by atoms with E-state index < -0.39 is 0 Å². The summed E-state index contributed by atoms with van der Waals surface area (Å²) in [7, 11) is 2.03. The minimum atomic E-state index is -0.237. The fourth-order valence-electron chi connectivity index (χ4n) is 3.04. The van der Waals surface area contributed by atoms with E-state index in [1.54, 1.807) is 0 Å². The van der Waals surface area contributed by atoms with Crippen molar-refractivity contribution in [3.63, 3.8) is 0 Å². The Hall–Kier alpha value is 0.343. The zero-order chi connectivity index (χ0) is 25.6. The quantitative estimate of drug-likeness (QED) is 0.182. The van der Waals surface area contributed by atoms with Crippen molar-refractivity contribution < 1.29 is 107 Å². The zero-order valence-corrected chi connectivity index (χ0v) is 33.3. The summed E-state index contributed by atoms with van der Waals surface area (Å²) in [5, 5.41) is 0. The molecule has 0 spiro atoms. The van der Waals surface area contributed by atoms with E-state index in [0.717, 1.165) is 62.9 Å². The van der Waals surface area contributed by atoms with Crippen LogP contribution >= 0.6 is 0 Å². The molecule has 1 amide bonds. The van der Waals surface area contributed by atoms with Gasteiger partial charge in [0, 0.05) is 128 Å². The van der Waals surface area contributed by atoms with Crippen molar-refractivity contribution >= 4 is 17.6 Å². The van der Waals surface area contributed by atoms with Crippen molar-refractivity contribution in [3.05, 3.63) is 55.9 Å². The Morgan fingerprint density at radius 2 is 1.70 bits per heavy atom. The SMILES string of the molecule is CC(=O)OCC1C[CH-]CCO1.CCC.CN(/C=C(\N)c1ccccc1)CCCCCCC(N)=O.[Ac].[Ac].[CH3-]. The van der Waals surface area contributed by atoms with Gasteiger partial charge in [0.25, 0.3) is 0 Å². The van der Waals surface area contributed by atoms with E-state index in [-0.39, 0.29) is 114 Å². The summed E-state index contributed by atoms with van der Waals surface area (Å²) in [6.07, 6.45) is 12.0. The van der Waals surface area contributed by atoms with E-state index in [1.165, 1.54) is 13.3 Å². The number of ether oxygens (including phenoxy) is 2. The van der Waals surface area contributed by atoms with E-state index >= 15 is 0 Å². The molecule has 0 aliphatic carbocycles. The van der Waals surface area contributed by atoms with Crippen LogP contribution in [0.5, 0.6) is 0 Å². The molecule has 1 aliphatic rings. The van der Waals surface area contributed by atoms with Crippen LogP contribution in [-0.4, -0.2) is 49.7 Å². The number of unbranched alkanes of at least 4 members (excludes halogenated alkanes) is 3. The predicted molar refractivity (Wildman–Crippen MR) is 146 cm³/mol. The van der Waals surface area contributed by atoms with Crippen molar-refractivity contribution in [2.24, 2.45) is 11.5 Å². The van der Waals surface area contributed by atoms with Gasteiger partial charge in [-0.25, -0.2) is 0 Å². The van der Waals surface area contributed by atoms with Gasteiger partial charge in [-0.2, -0.15) is 6.42 Å². The van der Waals surface area contributed by atoms with Crippen LogP contribution in [0.4, 0.5) is 0 Å². The maximum atomic E-state index is 10.6. The summed E-state index contributed by atoms with van der Waals surface area (Å²) < 4.78 is 10.1. The second-order valence-electron chi connectivity index (χ2n) is 8.38. The van der Waals surface area contributed by atoms with E-state index in [2.05, 4.69) is 25.2 Å². The molecule has 37 heavy (non-hydrogen) atoms. The van der Waals surface area contributed by atoms with E-state index in [9.17, 15) is 9.59 Å². The number of esters is 1. The van der Waals surface area contributed by atoms with Crippen molar-refractivity contribution in [2.75, 3.05) is 26.8 Å². The number of rotatable bonds is 11. The standard InChI is InChI=1S/C16H25N3O.C8H13O3.C3H8.CH3.2Ac/c1-19(12-8-3-2-7-11-16(18)20)13-15(17)14-9-5-4-6-10-14;1-7(9)11-6-8-4-2-3-5-10-8;1-3-2;;;/h4-6,9-10,13H,2-3,7-8,11-12,17H2,1H3,(H2,18,20);2,8H,3-6H2,1H3;3H2,1-2H3;1H3;;/q;-1;;-1;;/b15-13-;;;;;. The molecule has 2 rings (SSSR count). The number of hydrogen-bond acceptors (Lipinski definition) is 6. The first kappa shape index (κ1) is 44.4. The number of carbonyl (C=O) groups is 2. The van der Waals surface area contributed by atoms with E-state index in [4.69, 9.17) is 20.9 Å². The number of benzene rings is 1. The normalized spacial score (nSPS) is 13.9. The largest absolute Gasteiger partial charge is 0.463 e. The van der Waals surface area contributed by atoms with E-state index in [1.807, 2.05) is 43.6 Å². The third-order valence-electron chi connectivity index (χ3n) is 4.73. The minimum absolute atomic E-state index is 0. The Balaban J connectivity index is -0.000000274. The van der Waals surface area contributed by atoms with Crippen LogP contribution < -0.4 is 11.5 Å². The van der Waals surface area contributed by atoms with Gasteiger partial charge >= 0.3 is 5.97 Å². The van der Waals surface area contributed by atoms with Gasteiger partial charge in [-0.05, 0) is 18.4 Å². The van der Waals surface area contributed by atoms with Gasteiger partial charge in [0.05, 0.1) is 11.8 Å². The second-order valence-corrected chi connectivity index (χ2v) is 8.38. The summed E-state index contributed by atoms with van der Waals surface area (Å²) in [5.74, 6) is -0.445. The van der Waals surface area contributed by atoms with Crippen LogP contribution in [0.15, 0.2) is 36.5 Å². The van der Waals surface area contributed by atoms with Crippen LogP contribution in [0.2, 0.25) is 0 Å². The fourth-order valence-corrected chi connectivity index (χ4v) is 3.04. The molecule has 208 valence electrons. The Labute approximate surface area is 298 Å². The molecule has 0 saturated carbocycles. The summed E-state index contributed by atoms with van der Waals surface area (Å²) in [4.78, 5) is 23.1. The number of nitrogens with zero attached hydrogens (tertiary/aromatic N) is 1.